The monoisotopic (exact) mass is 264 g/mol. The van der Waals surface area contributed by atoms with Gasteiger partial charge >= 0.3 is 11.9 Å². The van der Waals surface area contributed by atoms with Gasteiger partial charge in [0.25, 0.3) is 0 Å². The molecule has 18 heavy (non-hydrogen) atoms. The SMILES string of the molecule is CC(=O)OCC1OC(O)C(O)C(O)C1OC(C)=O. The quantitative estimate of drug-likeness (QED) is 0.496. The van der Waals surface area contributed by atoms with E-state index in [1.807, 2.05) is 0 Å². The second-order valence-electron chi connectivity index (χ2n) is 3.92. The third-order valence-corrected chi connectivity index (χ3v) is 2.41. The van der Waals surface area contributed by atoms with E-state index >= 15 is 0 Å². The Balaban J connectivity index is 2.75. The van der Waals surface area contributed by atoms with Crippen molar-refractivity contribution in [1.29, 1.82) is 0 Å². The Kier molecular flexibility index (Phi) is 5.03. The third kappa shape index (κ3) is 3.64. The zero-order valence-corrected chi connectivity index (χ0v) is 9.98. The summed E-state index contributed by atoms with van der Waals surface area (Å²) < 4.78 is 14.4. The summed E-state index contributed by atoms with van der Waals surface area (Å²) in [6, 6.07) is 0. The van der Waals surface area contributed by atoms with Crippen LogP contribution < -0.4 is 0 Å². The van der Waals surface area contributed by atoms with Gasteiger partial charge < -0.3 is 29.5 Å². The fourth-order valence-corrected chi connectivity index (χ4v) is 1.59. The first-order valence-electron chi connectivity index (χ1n) is 5.33. The normalized spacial score (nSPS) is 35.9. The van der Waals surface area contributed by atoms with Crippen molar-refractivity contribution in [3.63, 3.8) is 0 Å². The summed E-state index contributed by atoms with van der Waals surface area (Å²) in [5.74, 6) is -1.28. The molecule has 0 spiro atoms. The molecule has 8 heteroatoms. The standard InChI is InChI=1S/C10H16O8/c1-4(11)16-3-6-9(17-5(2)12)7(13)8(14)10(15)18-6/h6-10,13-15H,3H2,1-2H3. The van der Waals surface area contributed by atoms with Crippen LogP contribution >= 0.6 is 0 Å². The molecule has 1 aliphatic heterocycles. The third-order valence-electron chi connectivity index (χ3n) is 2.41. The molecule has 0 amide bonds. The van der Waals surface area contributed by atoms with Gasteiger partial charge in [-0.05, 0) is 0 Å². The predicted molar refractivity (Wildman–Crippen MR) is 55.1 cm³/mol. The van der Waals surface area contributed by atoms with Gasteiger partial charge in [-0.3, -0.25) is 9.59 Å². The number of carbonyl (C=O) groups excluding carboxylic acids is 2. The second kappa shape index (κ2) is 6.10. The predicted octanol–water partition coefficient (Wildman–Crippen LogP) is -2.08. The molecular weight excluding hydrogens is 248 g/mol. The highest BCUT2D eigenvalue weighted by Crippen LogP contribution is 2.23. The topological polar surface area (TPSA) is 123 Å². The Bertz CT molecular complexity index is 317. The van der Waals surface area contributed by atoms with Crippen LogP contribution in [-0.2, 0) is 23.8 Å². The molecule has 1 aliphatic rings. The van der Waals surface area contributed by atoms with Crippen LogP contribution in [0.25, 0.3) is 0 Å². The number of hydrogen-bond donors (Lipinski definition) is 3. The van der Waals surface area contributed by atoms with Gasteiger partial charge in [0, 0.05) is 13.8 Å². The average molecular weight is 264 g/mol. The molecule has 0 aromatic heterocycles. The minimum Gasteiger partial charge on any atom is -0.463 e. The van der Waals surface area contributed by atoms with Crippen LogP contribution in [0.4, 0.5) is 0 Å². The van der Waals surface area contributed by atoms with Crippen LogP contribution in [0.1, 0.15) is 13.8 Å². The van der Waals surface area contributed by atoms with Crippen LogP contribution in [0.15, 0.2) is 0 Å². The summed E-state index contributed by atoms with van der Waals surface area (Å²) in [6.07, 6.45) is -7.06. The van der Waals surface area contributed by atoms with E-state index in [1.54, 1.807) is 0 Å². The van der Waals surface area contributed by atoms with Gasteiger partial charge in [-0.25, -0.2) is 0 Å². The van der Waals surface area contributed by atoms with E-state index in [0.717, 1.165) is 6.92 Å². The molecule has 0 aromatic rings. The number of ether oxygens (including phenoxy) is 3. The molecule has 5 atom stereocenters. The highest BCUT2D eigenvalue weighted by atomic mass is 16.7. The van der Waals surface area contributed by atoms with E-state index < -0.39 is 42.6 Å². The van der Waals surface area contributed by atoms with Crippen molar-refractivity contribution in [3.8, 4) is 0 Å². The summed E-state index contributed by atoms with van der Waals surface area (Å²) in [5, 5.41) is 28.4. The van der Waals surface area contributed by atoms with E-state index in [1.165, 1.54) is 6.92 Å². The van der Waals surface area contributed by atoms with Crippen LogP contribution in [0.5, 0.6) is 0 Å². The molecule has 1 rings (SSSR count). The Labute approximate surface area is 103 Å². The van der Waals surface area contributed by atoms with Crippen molar-refractivity contribution in [2.75, 3.05) is 6.61 Å². The lowest BCUT2D eigenvalue weighted by atomic mass is 9.99. The summed E-state index contributed by atoms with van der Waals surface area (Å²) in [6.45, 7) is 1.98. The van der Waals surface area contributed by atoms with Gasteiger partial charge in [0.2, 0.25) is 0 Å². The maximum Gasteiger partial charge on any atom is 0.303 e. The number of esters is 2. The first kappa shape index (κ1) is 14.8. The van der Waals surface area contributed by atoms with Crippen molar-refractivity contribution in [3.05, 3.63) is 0 Å². The highest BCUT2D eigenvalue weighted by molar-refractivity contribution is 5.66. The molecule has 3 N–H and O–H groups in total. The average Bonchev–Trinajstić information content (AvgIpc) is 2.27. The van der Waals surface area contributed by atoms with Crippen molar-refractivity contribution >= 4 is 11.9 Å². The number of aliphatic hydroxyl groups is 3. The van der Waals surface area contributed by atoms with Crippen LogP contribution in [0, 0.1) is 0 Å². The largest absolute Gasteiger partial charge is 0.463 e. The fourth-order valence-electron chi connectivity index (χ4n) is 1.59. The number of hydrogen-bond acceptors (Lipinski definition) is 8. The highest BCUT2D eigenvalue weighted by Gasteiger charge is 2.46. The lowest BCUT2D eigenvalue weighted by Crippen LogP contribution is -2.60. The maximum absolute atomic E-state index is 10.9. The molecule has 5 unspecified atom stereocenters. The molecule has 0 aromatic carbocycles. The van der Waals surface area contributed by atoms with Gasteiger partial charge in [-0.15, -0.1) is 0 Å². The number of aliphatic hydroxyl groups excluding tert-OH is 3. The van der Waals surface area contributed by atoms with Crippen molar-refractivity contribution < 1.29 is 39.1 Å². The first-order chi connectivity index (χ1) is 8.32. The van der Waals surface area contributed by atoms with E-state index in [9.17, 15) is 24.9 Å². The van der Waals surface area contributed by atoms with Crippen molar-refractivity contribution in [2.45, 2.75) is 44.6 Å². The Morgan fingerprint density at radius 3 is 2.22 bits per heavy atom. The summed E-state index contributed by atoms with van der Waals surface area (Å²) >= 11 is 0. The minimum absolute atomic E-state index is 0.311. The zero-order valence-electron chi connectivity index (χ0n) is 9.98. The van der Waals surface area contributed by atoms with Crippen LogP contribution in [0.2, 0.25) is 0 Å². The Morgan fingerprint density at radius 2 is 1.72 bits per heavy atom. The van der Waals surface area contributed by atoms with E-state index in [2.05, 4.69) is 4.74 Å². The van der Waals surface area contributed by atoms with Gasteiger partial charge in [0.15, 0.2) is 12.4 Å². The van der Waals surface area contributed by atoms with Crippen molar-refractivity contribution in [2.24, 2.45) is 0 Å². The molecule has 0 bridgehead atoms. The molecule has 104 valence electrons. The maximum atomic E-state index is 10.9. The molecule has 0 saturated carbocycles. The van der Waals surface area contributed by atoms with Gasteiger partial charge in [-0.2, -0.15) is 0 Å². The van der Waals surface area contributed by atoms with E-state index in [4.69, 9.17) is 9.47 Å². The van der Waals surface area contributed by atoms with Crippen LogP contribution in [0.3, 0.4) is 0 Å². The molecule has 1 heterocycles. The minimum atomic E-state index is -1.65. The lowest BCUT2D eigenvalue weighted by molar-refractivity contribution is -0.290. The number of rotatable bonds is 3. The van der Waals surface area contributed by atoms with E-state index in [-0.39, 0.29) is 6.61 Å². The zero-order chi connectivity index (χ0) is 13.9. The summed E-state index contributed by atoms with van der Waals surface area (Å²) in [4.78, 5) is 21.6. The van der Waals surface area contributed by atoms with Gasteiger partial charge in [-0.1, -0.05) is 0 Å². The Morgan fingerprint density at radius 1 is 1.11 bits per heavy atom. The molecule has 0 aliphatic carbocycles. The Hall–Kier alpha value is -1.22. The summed E-state index contributed by atoms with van der Waals surface area (Å²) in [7, 11) is 0. The fraction of sp³-hybridized carbons (Fsp3) is 0.800. The molecule has 8 nitrogen and oxygen atoms in total. The molecular formula is C10H16O8. The molecule has 1 saturated heterocycles. The second-order valence-corrected chi connectivity index (χ2v) is 3.92. The van der Waals surface area contributed by atoms with Gasteiger partial charge in [0.1, 0.15) is 24.9 Å². The van der Waals surface area contributed by atoms with Gasteiger partial charge in [0.05, 0.1) is 0 Å². The smallest absolute Gasteiger partial charge is 0.303 e. The van der Waals surface area contributed by atoms with Crippen LogP contribution in [-0.4, -0.2) is 64.6 Å². The lowest BCUT2D eigenvalue weighted by Gasteiger charge is -2.39. The molecule has 1 fully saturated rings. The van der Waals surface area contributed by atoms with Crippen molar-refractivity contribution in [1.82, 2.24) is 0 Å². The first-order valence-corrected chi connectivity index (χ1v) is 5.33. The number of carbonyl (C=O) groups is 2. The van der Waals surface area contributed by atoms with E-state index in [0.29, 0.717) is 0 Å². The summed E-state index contributed by atoms with van der Waals surface area (Å²) in [5.41, 5.74) is 0. The molecule has 0 radical (unpaired) electrons.